The molecule has 0 aliphatic carbocycles. The van der Waals surface area contributed by atoms with Crippen molar-refractivity contribution in [2.45, 2.75) is 17.9 Å². The van der Waals surface area contributed by atoms with Gasteiger partial charge in [-0.15, -0.1) is 10.2 Å². The Morgan fingerprint density at radius 2 is 2.04 bits per heavy atom. The fourth-order valence-electron chi connectivity index (χ4n) is 2.58. The first-order chi connectivity index (χ1) is 12.6. The molecule has 1 aliphatic heterocycles. The van der Waals surface area contributed by atoms with Crippen LogP contribution in [0, 0.1) is 17.0 Å². The standard InChI is InChI=1S/C17H13N3O5S/c1-10-12(3-2-4-13(10)20(21)22)8-26-17-19-18-16(25-17)11-5-6-14-15(7-11)24-9-23-14/h2-7H,8-9H2,1H3. The van der Waals surface area contributed by atoms with Crippen LogP contribution in [0.3, 0.4) is 0 Å². The van der Waals surface area contributed by atoms with Gasteiger partial charge in [0.15, 0.2) is 11.5 Å². The first-order valence-electron chi connectivity index (χ1n) is 7.71. The minimum atomic E-state index is -0.381. The number of ether oxygens (including phenoxy) is 2. The molecule has 132 valence electrons. The van der Waals surface area contributed by atoms with E-state index in [1.807, 2.05) is 12.1 Å². The number of benzene rings is 2. The normalized spacial score (nSPS) is 12.3. The third-order valence-electron chi connectivity index (χ3n) is 3.99. The molecule has 0 fully saturated rings. The summed E-state index contributed by atoms with van der Waals surface area (Å²) in [5.74, 6) is 2.20. The molecule has 3 aromatic rings. The van der Waals surface area contributed by atoms with Crippen LogP contribution in [0.1, 0.15) is 11.1 Å². The van der Waals surface area contributed by atoms with Crippen LogP contribution >= 0.6 is 11.8 Å². The fourth-order valence-corrected chi connectivity index (χ4v) is 3.41. The van der Waals surface area contributed by atoms with Crippen molar-refractivity contribution in [2.75, 3.05) is 6.79 Å². The lowest BCUT2D eigenvalue weighted by Crippen LogP contribution is -1.95. The highest BCUT2D eigenvalue weighted by Crippen LogP contribution is 2.36. The number of hydrogen-bond acceptors (Lipinski definition) is 8. The molecular formula is C17H13N3O5S. The largest absolute Gasteiger partial charge is 0.454 e. The first-order valence-corrected chi connectivity index (χ1v) is 8.69. The van der Waals surface area contributed by atoms with Gasteiger partial charge in [-0.3, -0.25) is 10.1 Å². The van der Waals surface area contributed by atoms with Crippen LogP contribution < -0.4 is 9.47 Å². The quantitative estimate of drug-likeness (QED) is 0.377. The molecule has 0 spiro atoms. The van der Waals surface area contributed by atoms with Crippen LogP contribution in [0.25, 0.3) is 11.5 Å². The van der Waals surface area contributed by atoms with Crippen LogP contribution in [0.2, 0.25) is 0 Å². The predicted molar refractivity (Wildman–Crippen MR) is 93.3 cm³/mol. The zero-order valence-electron chi connectivity index (χ0n) is 13.7. The van der Waals surface area contributed by atoms with Crippen molar-refractivity contribution in [3.05, 3.63) is 57.6 Å². The van der Waals surface area contributed by atoms with Crippen molar-refractivity contribution < 1.29 is 18.8 Å². The van der Waals surface area contributed by atoms with Gasteiger partial charge in [-0.25, -0.2) is 0 Å². The summed E-state index contributed by atoms with van der Waals surface area (Å²) < 4.78 is 16.3. The Kier molecular flexibility index (Phi) is 4.21. The Bertz CT molecular complexity index is 988. The summed E-state index contributed by atoms with van der Waals surface area (Å²) in [4.78, 5) is 10.6. The minimum absolute atomic E-state index is 0.106. The average Bonchev–Trinajstić information content (AvgIpc) is 3.29. The van der Waals surface area contributed by atoms with Crippen LogP contribution in [0.4, 0.5) is 5.69 Å². The van der Waals surface area contributed by atoms with Crippen LogP contribution in [-0.2, 0) is 5.75 Å². The van der Waals surface area contributed by atoms with Crippen molar-refractivity contribution in [1.29, 1.82) is 0 Å². The number of aromatic nitrogens is 2. The first kappa shape index (κ1) is 16.4. The van der Waals surface area contributed by atoms with Crippen molar-refractivity contribution in [3.63, 3.8) is 0 Å². The average molecular weight is 371 g/mol. The van der Waals surface area contributed by atoms with E-state index < -0.39 is 0 Å². The van der Waals surface area contributed by atoms with Gasteiger partial charge in [-0.1, -0.05) is 23.9 Å². The number of hydrogen-bond donors (Lipinski definition) is 0. The number of nitro groups is 1. The fraction of sp³-hybridized carbons (Fsp3) is 0.176. The highest BCUT2D eigenvalue weighted by Gasteiger charge is 2.18. The monoisotopic (exact) mass is 371 g/mol. The van der Waals surface area contributed by atoms with Crippen molar-refractivity contribution >= 4 is 17.4 Å². The van der Waals surface area contributed by atoms with E-state index in [-0.39, 0.29) is 17.4 Å². The number of fused-ring (bicyclic) bond motifs is 1. The molecule has 4 rings (SSSR count). The molecule has 1 aromatic heterocycles. The summed E-state index contributed by atoms with van der Waals surface area (Å²) in [6.45, 7) is 1.94. The molecule has 0 N–H and O–H groups in total. The van der Waals surface area contributed by atoms with E-state index in [1.165, 1.54) is 17.8 Å². The van der Waals surface area contributed by atoms with Gasteiger partial charge in [-0.05, 0) is 30.7 Å². The molecule has 2 heterocycles. The molecule has 0 amide bonds. The second kappa shape index (κ2) is 6.68. The molecule has 0 atom stereocenters. The lowest BCUT2D eigenvalue weighted by molar-refractivity contribution is -0.385. The van der Waals surface area contributed by atoms with E-state index in [1.54, 1.807) is 25.1 Å². The maximum atomic E-state index is 11.0. The van der Waals surface area contributed by atoms with Gasteiger partial charge in [0, 0.05) is 22.9 Å². The molecule has 0 saturated carbocycles. The highest BCUT2D eigenvalue weighted by molar-refractivity contribution is 7.98. The van der Waals surface area contributed by atoms with Crippen molar-refractivity contribution in [2.24, 2.45) is 0 Å². The summed E-state index contributed by atoms with van der Waals surface area (Å²) in [5.41, 5.74) is 2.34. The van der Waals surface area contributed by atoms with Crippen LogP contribution in [-0.4, -0.2) is 21.9 Å². The van der Waals surface area contributed by atoms with Gasteiger partial charge in [-0.2, -0.15) is 0 Å². The van der Waals surface area contributed by atoms with Gasteiger partial charge in [0.25, 0.3) is 10.9 Å². The summed E-state index contributed by atoms with van der Waals surface area (Å²) in [5, 5.41) is 19.5. The van der Waals surface area contributed by atoms with E-state index >= 15 is 0 Å². The Hall–Kier alpha value is -3.07. The molecule has 0 bridgehead atoms. The Morgan fingerprint density at radius 1 is 1.19 bits per heavy atom. The number of nitrogens with zero attached hydrogens (tertiary/aromatic N) is 3. The lowest BCUT2D eigenvalue weighted by Gasteiger charge is -2.04. The molecule has 1 aliphatic rings. The predicted octanol–water partition coefficient (Wildman–Crippen LogP) is 3.97. The lowest BCUT2D eigenvalue weighted by atomic mass is 10.1. The topological polar surface area (TPSA) is 101 Å². The molecule has 26 heavy (non-hydrogen) atoms. The SMILES string of the molecule is Cc1c(CSc2nnc(-c3ccc4c(c3)OCO4)o2)cccc1[N+](=O)[O-]. The van der Waals surface area contributed by atoms with Crippen LogP contribution in [0.5, 0.6) is 11.5 Å². The minimum Gasteiger partial charge on any atom is -0.454 e. The number of nitro benzene ring substituents is 1. The Morgan fingerprint density at radius 3 is 2.88 bits per heavy atom. The molecule has 0 saturated heterocycles. The van der Waals surface area contributed by atoms with Gasteiger partial charge >= 0.3 is 0 Å². The second-order valence-electron chi connectivity index (χ2n) is 5.55. The summed E-state index contributed by atoms with van der Waals surface area (Å²) in [6, 6.07) is 10.4. The van der Waals surface area contributed by atoms with Gasteiger partial charge in [0.05, 0.1) is 4.92 Å². The van der Waals surface area contributed by atoms with Crippen molar-refractivity contribution in [3.8, 4) is 23.0 Å². The van der Waals surface area contributed by atoms with Gasteiger partial charge < -0.3 is 13.9 Å². The molecular weight excluding hydrogens is 358 g/mol. The maximum Gasteiger partial charge on any atom is 0.277 e. The second-order valence-corrected chi connectivity index (χ2v) is 6.47. The third kappa shape index (κ3) is 3.08. The van der Waals surface area contributed by atoms with Gasteiger partial charge in [0.1, 0.15) is 0 Å². The smallest absolute Gasteiger partial charge is 0.277 e. The molecule has 2 aromatic carbocycles. The molecule has 0 unspecified atom stereocenters. The molecule has 9 heteroatoms. The summed E-state index contributed by atoms with van der Waals surface area (Å²) in [6.07, 6.45) is 0. The van der Waals surface area contributed by atoms with E-state index in [0.717, 1.165) is 11.1 Å². The molecule has 0 radical (unpaired) electrons. The third-order valence-corrected chi connectivity index (χ3v) is 4.86. The van der Waals surface area contributed by atoms with E-state index in [9.17, 15) is 10.1 Å². The number of thioether (sulfide) groups is 1. The maximum absolute atomic E-state index is 11.0. The highest BCUT2D eigenvalue weighted by atomic mass is 32.2. The van der Waals surface area contributed by atoms with Crippen molar-refractivity contribution in [1.82, 2.24) is 10.2 Å². The van der Waals surface area contributed by atoms with E-state index in [2.05, 4.69) is 10.2 Å². The zero-order valence-corrected chi connectivity index (χ0v) is 14.5. The summed E-state index contributed by atoms with van der Waals surface area (Å²) >= 11 is 1.33. The Labute approximate surface area is 152 Å². The molecule has 8 nitrogen and oxygen atoms in total. The Balaban J connectivity index is 1.49. The van der Waals surface area contributed by atoms with E-state index in [4.69, 9.17) is 13.9 Å². The number of rotatable bonds is 5. The zero-order chi connectivity index (χ0) is 18.1. The van der Waals surface area contributed by atoms with E-state index in [0.29, 0.717) is 33.9 Å². The van der Waals surface area contributed by atoms with Gasteiger partial charge in [0.2, 0.25) is 12.7 Å². The van der Waals surface area contributed by atoms with Crippen LogP contribution in [0.15, 0.2) is 46.0 Å². The summed E-state index contributed by atoms with van der Waals surface area (Å²) in [7, 11) is 0.